The molecule has 0 amide bonds. The molecule has 3 fully saturated rings. The first-order valence-corrected chi connectivity index (χ1v) is 10.6. The highest BCUT2D eigenvalue weighted by molar-refractivity contribution is 4.96. The van der Waals surface area contributed by atoms with Gasteiger partial charge in [-0.1, -0.05) is 0 Å². The molecule has 0 aromatic heterocycles. The highest BCUT2D eigenvalue weighted by atomic mass is 16.8. The minimum Gasteiger partial charge on any atom is -0.394 e. The number of ether oxygens (including phenoxy) is 5. The van der Waals surface area contributed by atoms with E-state index in [2.05, 4.69) is 0 Å². The number of rotatable bonds is 7. The smallest absolute Gasteiger partial charge is 0.187 e. The van der Waals surface area contributed by atoms with Crippen LogP contribution < -0.4 is 0 Å². The molecule has 0 aliphatic carbocycles. The average Bonchev–Trinajstić information content (AvgIpc) is 2.83. The molecule has 0 aromatic rings. The van der Waals surface area contributed by atoms with Gasteiger partial charge in [-0.25, -0.2) is 0 Å². The van der Waals surface area contributed by atoms with Crippen molar-refractivity contribution in [1.29, 1.82) is 0 Å². The molecule has 3 rings (SSSR count). The third kappa shape index (κ3) is 5.37. The van der Waals surface area contributed by atoms with Gasteiger partial charge in [-0.15, -0.1) is 0 Å². The summed E-state index contributed by atoms with van der Waals surface area (Å²) >= 11 is 0. The Morgan fingerprint density at radius 1 is 0.441 bits per heavy atom. The Morgan fingerprint density at radius 3 is 1.26 bits per heavy atom. The van der Waals surface area contributed by atoms with Gasteiger partial charge in [0.2, 0.25) is 0 Å². The standard InChI is InChI=1S/C18H32O16/c19-1-4-7(22)9(24)11(26)17(31-4)33-14-6(3-21)30-16(29)13(28)15(14)34-18-12(27)10(25)8(23)5(2-20)32-18/h4-29H,1-3H2/t4-,5-,6-,7+,8+,9+,10+,11-,12-,13-,14-,15-,16?,17+,18+/m1/s1. The molecular formula is C18H32O16. The molecular weight excluding hydrogens is 472 g/mol. The summed E-state index contributed by atoms with van der Waals surface area (Å²) in [6, 6.07) is 0. The van der Waals surface area contributed by atoms with Gasteiger partial charge in [-0.2, -0.15) is 0 Å². The van der Waals surface area contributed by atoms with Crippen molar-refractivity contribution >= 4 is 0 Å². The summed E-state index contributed by atoms with van der Waals surface area (Å²) in [7, 11) is 0. The Morgan fingerprint density at radius 2 is 0.853 bits per heavy atom. The summed E-state index contributed by atoms with van der Waals surface area (Å²) in [5.74, 6) is 0. The number of hydrogen-bond acceptors (Lipinski definition) is 16. The molecule has 11 N–H and O–H groups in total. The van der Waals surface area contributed by atoms with Gasteiger partial charge >= 0.3 is 0 Å². The predicted octanol–water partition coefficient (Wildman–Crippen LogP) is -7.57. The zero-order chi connectivity index (χ0) is 25.3. The second-order valence-electron chi connectivity index (χ2n) is 8.33. The molecule has 0 aromatic carbocycles. The molecule has 0 radical (unpaired) electrons. The predicted molar refractivity (Wildman–Crippen MR) is 101 cm³/mol. The van der Waals surface area contributed by atoms with E-state index in [0.717, 1.165) is 0 Å². The van der Waals surface area contributed by atoms with E-state index in [1.165, 1.54) is 0 Å². The fourth-order valence-electron chi connectivity index (χ4n) is 4.04. The topological polar surface area (TPSA) is 269 Å². The SMILES string of the molecule is OC[C@H]1O[C@@H](O[C@H]2[C@H](O[C@@H]3O[C@H](CO)[C@H](O)[C@H](O)[C@H]3O)[C@@H](O)C(O)O[C@@H]2CO)[C@H](O)[C@@H](O)[C@H]1O. The molecule has 16 nitrogen and oxygen atoms in total. The minimum absolute atomic E-state index is 0.762. The zero-order valence-corrected chi connectivity index (χ0v) is 17.7. The van der Waals surface area contributed by atoms with Crippen molar-refractivity contribution < 1.29 is 79.9 Å². The van der Waals surface area contributed by atoms with E-state index in [4.69, 9.17) is 23.7 Å². The number of hydrogen-bond donors (Lipinski definition) is 11. The third-order valence-corrected chi connectivity index (χ3v) is 6.09. The normalized spacial score (nSPS) is 52.5. The van der Waals surface area contributed by atoms with Crippen LogP contribution in [0.2, 0.25) is 0 Å². The van der Waals surface area contributed by atoms with Crippen LogP contribution >= 0.6 is 0 Å². The van der Waals surface area contributed by atoms with Crippen molar-refractivity contribution in [3.63, 3.8) is 0 Å². The molecule has 3 aliphatic heterocycles. The van der Waals surface area contributed by atoms with Crippen molar-refractivity contribution in [2.24, 2.45) is 0 Å². The van der Waals surface area contributed by atoms with E-state index in [1.54, 1.807) is 0 Å². The summed E-state index contributed by atoms with van der Waals surface area (Å²) < 4.78 is 26.7. The Labute approximate surface area is 192 Å². The Kier molecular flexibility index (Phi) is 9.54. The summed E-state index contributed by atoms with van der Waals surface area (Å²) in [6.45, 7) is -2.35. The minimum atomic E-state index is -1.93. The van der Waals surface area contributed by atoms with Gasteiger partial charge in [-0.05, 0) is 0 Å². The maximum absolute atomic E-state index is 10.5. The molecule has 15 atom stereocenters. The van der Waals surface area contributed by atoms with E-state index < -0.39 is 112 Å². The molecule has 200 valence electrons. The molecule has 3 aliphatic rings. The van der Waals surface area contributed by atoms with Crippen molar-refractivity contribution in [2.75, 3.05) is 19.8 Å². The quantitative estimate of drug-likeness (QED) is 0.154. The Hall–Kier alpha value is -0.640. The van der Waals surface area contributed by atoms with Crippen LogP contribution in [0.4, 0.5) is 0 Å². The molecule has 1 unspecified atom stereocenters. The van der Waals surface area contributed by atoms with E-state index in [0.29, 0.717) is 0 Å². The van der Waals surface area contributed by atoms with E-state index in [-0.39, 0.29) is 0 Å². The maximum Gasteiger partial charge on any atom is 0.187 e. The first kappa shape index (κ1) is 27.9. The first-order chi connectivity index (χ1) is 16.0. The van der Waals surface area contributed by atoms with Crippen LogP contribution in [0.25, 0.3) is 0 Å². The Balaban J connectivity index is 1.84. The molecule has 0 spiro atoms. The van der Waals surface area contributed by atoms with E-state index in [1.807, 2.05) is 0 Å². The first-order valence-electron chi connectivity index (χ1n) is 10.6. The third-order valence-electron chi connectivity index (χ3n) is 6.09. The van der Waals surface area contributed by atoms with Crippen molar-refractivity contribution in [2.45, 2.75) is 92.1 Å². The summed E-state index contributed by atoms with van der Waals surface area (Å²) in [5, 5.41) is 109. The zero-order valence-electron chi connectivity index (χ0n) is 17.7. The van der Waals surface area contributed by atoms with Crippen LogP contribution in [0.3, 0.4) is 0 Å². The van der Waals surface area contributed by atoms with Crippen LogP contribution in [0, 0.1) is 0 Å². The van der Waals surface area contributed by atoms with E-state index >= 15 is 0 Å². The monoisotopic (exact) mass is 504 g/mol. The summed E-state index contributed by atoms with van der Waals surface area (Å²) in [4.78, 5) is 0. The Bertz CT molecular complexity index is 599. The van der Waals surface area contributed by atoms with Gasteiger partial charge in [0.05, 0.1) is 19.8 Å². The molecule has 0 bridgehead atoms. The fourth-order valence-corrected chi connectivity index (χ4v) is 4.04. The second-order valence-corrected chi connectivity index (χ2v) is 8.33. The van der Waals surface area contributed by atoms with Gasteiger partial charge in [0.25, 0.3) is 0 Å². The molecule has 3 saturated heterocycles. The largest absolute Gasteiger partial charge is 0.394 e. The van der Waals surface area contributed by atoms with Gasteiger partial charge < -0.3 is 79.9 Å². The van der Waals surface area contributed by atoms with Crippen LogP contribution in [-0.4, -0.2) is 168 Å². The lowest BCUT2D eigenvalue weighted by Gasteiger charge is -2.48. The lowest BCUT2D eigenvalue weighted by molar-refractivity contribution is -0.383. The highest BCUT2D eigenvalue weighted by Gasteiger charge is 2.53. The van der Waals surface area contributed by atoms with Crippen LogP contribution in [-0.2, 0) is 23.7 Å². The van der Waals surface area contributed by atoms with Gasteiger partial charge in [0.1, 0.15) is 73.2 Å². The summed E-state index contributed by atoms with van der Waals surface area (Å²) in [5.41, 5.74) is 0. The lowest BCUT2D eigenvalue weighted by Crippen LogP contribution is -2.67. The fraction of sp³-hybridized carbons (Fsp3) is 1.00. The maximum atomic E-state index is 10.5. The van der Waals surface area contributed by atoms with Crippen molar-refractivity contribution in [1.82, 2.24) is 0 Å². The van der Waals surface area contributed by atoms with Crippen molar-refractivity contribution in [3.05, 3.63) is 0 Å². The summed E-state index contributed by atoms with van der Waals surface area (Å²) in [6.07, 6.45) is -25.6. The van der Waals surface area contributed by atoms with Gasteiger partial charge in [0, 0.05) is 0 Å². The van der Waals surface area contributed by atoms with Crippen LogP contribution in [0.1, 0.15) is 0 Å². The number of aliphatic hydroxyl groups excluding tert-OH is 11. The molecule has 3 heterocycles. The van der Waals surface area contributed by atoms with Crippen LogP contribution in [0.15, 0.2) is 0 Å². The molecule has 34 heavy (non-hydrogen) atoms. The van der Waals surface area contributed by atoms with Crippen LogP contribution in [0.5, 0.6) is 0 Å². The van der Waals surface area contributed by atoms with Crippen molar-refractivity contribution in [3.8, 4) is 0 Å². The van der Waals surface area contributed by atoms with Gasteiger partial charge in [0.15, 0.2) is 18.9 Å². The highest BCUT2D eigenvalue weighted by Crippen LogP contribution is 2.32. The van der Waals surface area contributed by atoms with E-state index in [9.17, 15) is 56.2 Å². The molecule has 16 heteroatoms. The lowest BCUT2D eigenvalue weighted by atomic mass is 9.96. The number of aliphatic hydroxyl groups is 11. The molecule has 0 saturated carbocycles. The second kappa shape index (κ2) is 11.6. The van der Waals surface area contributed by atoms with Gasteiger partial charge in [-0.3, -0.25) is 0 Å². The average molecular weight is 504 g/mol.